The summed E-state index contributed by atoms with van der Waals surface area (Å²) < 4.78 is 9.04. The van der Waals surface area contributed by atoms with E-state index in [-0.39, 0.29) is 0 Å². The fourth-order valence-corrected chi connectivity index (χ4v) is 8.41. The lowest BCUT2D eigenvalue weighted by Crippen LogP contribution is -1.91. The van der Waals surface area contributed by atoms with Gasteiger partial charge in [0.25, 0.3) is 0 Å². The van der Waals surface area contributed by atoms with E-state index in [0.29, 0.717) is 0 Å². The van der Waals surface area contributed by atoms with E-state index in [1.807, 2.05) is 24.3 Å². The molecule has 2 aromatic heterocycles. The summed E-state index contributed by atoms with van der Waals surface area (Å²) in [6, 6.07) is 44.3. The van der Waals surface area contributed by atoms with Gasteiger partial charge in [-0.1, -0.05) is 116 Å². The van der Waals surface area contributed by atoms with Gasteiger partial charge in [0.15, 0.2) is 0 Å². The lowest BCUT2D eigenvalue weighted by molar-refractivity contribution is 0.669. The van der Waals surface area contributed by atoms with Gasteiger partial charge in [-0.25, -0.2) is 0 Å². The van der Waals surface area contributed by atoms with Crippen LogP contribution in [0.25, 0.3) is 98.1 Å². The van der Waals surface area contributed by atoms with Gasteiger partial charge in [-0.05, 0) is 86.6 Å². The summed E-state index contributed by atoms with van der Waals surface area (Å²) in [7, 11) is 0. The van der Waals surface area contributed by atoms with Crippen LogP contribution in [-0.2, 0) is 0 Å². The lowest BCUT2D eigenvalue weighted by atomic mass is 9.85. The van der Waals surface area contributed by atoms with Crippen molar-refractivity contribution in [1.29, 1.82) is 0 Å². The smallest absolute Gasteiger partial charge is 0.136 e. The predicted molar refractivity (Wildman–Crippen MR) is 197 cm³/mol. The average molecular weight is 593 g/mol. The summed E-state index contributed by atoms with van der Waals surface area (Å²) >= 11 is 1.89. The molecule has 9 aromatic rings. The van der Waals surface area contributed by atoms with Gasteiger partial charge >= 0.3 is 0 Å². The summed E-state index contributed by atoms with van der Waals surface area (Å²) in [5.41, 5.74) is 9.01. The van der Waals surface area contributed by atoms with Crippen molar-refractivity contribution < 1.29 is 4.42 Å². The molecule has 0 spiro atoms. The number of hydrogen-bond donors (Lipinski definition) is 0. The molecule has 0 aliphatic rings. The first-order valence-electron chi connectivity index (χ1n) is 15.3. The highest BCUT2D eigenvalue weighted by atomic mass is 32.1. The normalized spacial score (nSPS) is 12.1. The Bertz CT molecular complexity index is 2620. The summed E-state index contributed by atoms with van der Waals surface area (Å²) in [6.07, 6.45) is 6.08. The molecule has 45 heavy (non-hydrogen) atoms. The van der Waals surface area contributed by atoms with Crippen molar-refractivity contribution in [3.63, 3.8) is 0 Å². The Morgan fingerprint density at radius 3 is 1.91 bits per heavy atom. The molecule has 0 saturated carbocycles. The van der Waals surface area contributed by atoms with Crippen LogP contribution in [0.15, 0.2) is 138 Å². The third-order valence-electron chi connectivity index (χ3n) is 9.13. The zero-order valence-corrected chi connectivity index (χ0v) is 25.6. The molecule has 0 bridgehead atoms. The van der Waals surface area contributed by atoms with Crippen LogP contribution < -0.4 is 0 Å². The molecular weight excluding hydrogens is 565 g/mol. The number of hydrogen-bond acceptors (Lipinski definition) is 2. The second-order valence-corrected chi connectivity index (χ2v) is 12.7. The number of benzene rings is 7. The molecule has 0 fully saturated rings. The van der Waals surface area contributed by atoms with Crippen molar-refractivity contribution in [2.75, 3.05) is 0 Å². The molecule has 0 saturated heterocycles. The van der Waals surface area contributed by atoms with Crippen molar-refractivity contribution in [1.82, 2.24) is 0 Å². The van der Waals surface area contributed by atoms with Crippen LogP contribution in [0.5, 0.6) is 0 Å². The van der Waals surface area contributed by atoms with Crippen LogP contribution in [0, 0.1) is 0 Å². The van der Waals surface area contributed by atoms with Gasteiger partial charge < -0.3 is 4.42 Å². The maximum absolute atomic E-state index is 6.38. The SMILES string of the molecule is C=Cc1cc2c(cc1/C=C\C)oc1ccc(-c3c4ccccc4c(-c4cccc5c4sc4ccccc45)c4ccccc34)cc12. The monoisotopic (exact) mass is 592 g/mol. The quantitative estimate of drug-likeness (QED) is 0.185. The number of furan rings is 1. The Morgan fingerprint density at radius 1 is 0.556 bits per heavy atom. The highest BCUT2D eigenvalue weighted by molar-refractivity contribution is 7.26. The van der Waals surface area contributed by atoms with Crippen molar-refractivity contribution in [3.05, 3.63) is 145 Å². The fourth-order valence-electron chi connectivity index (χ4n) is 7.18. The van der Waals surface area contributed by atoms with E-state index in [4.69, 9.17) is 4.42 Å². The molecule has 212 valence electrons. The van der Waals surface area contributed by atoms with E-state index < -0.39 is 0 Å². The van der Waals surface area contributed by atoms with Gasteiger partial charge in [0, 0.05) is 36.5 Å². The first-order valence-corrected chi connectivity index (χ1v) is 16.1. The van der Waals surface area contributed by atoms with Crippen LogP contribution in [0.2, 0.25) is 0 Å². The highest BCUT2D eigenvalue weighted by Gasteiger charge is 2.20. The first-order chi connectivity index (χ1) is 22.2. The number of rotatable bonds is 4. The van der Waals surface area contributed by atoms with E-state index in [0.717, 1.165) is 33.1 Å². The van der Waals surface area contributed by atoms with Crippen LogP contribution in [0.3, 0.4) is 0 Å². The molecule has 9 rings (SSSR count). The average Bonchev–Trinajstić information content (AvgIpc) is 3.64. The molecule has 2 heteroatoms. The molecule has 1 nitrogen and oxygen atoms in total. The molecule has 2 heterocycles. The van der Waals surface area contributed by atoms with Crippen molar-refractivity contribution in [2.45, 2.75) is 6.92 Å². The summed E-state index contributed by atoms with van der Waals surface area (Å²) in [4.78, 5) is 0. The van der Waals surface area contributed by atoms with Gasteiger partial charge in [0.05, 0.1) is 0 Å². The lowest BCUT2D eigenvalue weighted by Gasteiger charge is -2.18. The third-order valence-corrected chi connectivity index (χ3v) is 10.4. The number of allylic oxidation sites excluding steroid dienone is 1. The molecule has 0 radical (unpaired) electrons. The summed E-state index contributed by atoms with van der Waals surface area (Å²) in [6.45, 7) is 6.11. The van der Waals surface area contributed by atoms with E-state index in [1.54, 1.807) is 0 Å². The summed E-state index contributed by atoms with van der Waals surface area (Å²) in [5.74, 6) is 0. The zero-order valence-electron chi connectivity index (χ0n) is 24.8. The Hall–Kier alpha value is -5.44. The Balaban J connectivity index is 1.36. The maximum atomic E-state index is 6.38. The zero-order chi connectivity index (χ0) is 30.1. The maximum Gasteiger partial charge on any atom is 0.136 e. The van der Waals surface area contributed by atoms with Crippen molar-refractivity contribution >= 4 is 87.1 Å². The predicted octanol–water partition coefficient (Wildman–Crippen LogP) is 13.3. The number of fused-ring (bicyclic) bond motifs is 8. The second kappa shape index (κ2) is 10.1. The van der Waals surface area contributed by atoms with Gasteiger partial charge in [0.1, 0.15) is 11.2 Å². The van der Waals surface area contributed by atoms with Crippen molar-refractivity contribution in [3.8, 4) is 22.3 Å². The van der Waals surface area contributed by atoms with Gasteiger partial charge in [-0.3, -0.25) is 0 Å². The van der Waals surface area contributed by atoms with Crippen molar-refractivity contribution in [2.24, 2.45) is 0 Å². The van der Waals surface area contributed by atoms with Crippen LogP contribution >= 0.6 is 11.3 Å². The Labute approximate surface area is 265 Å². The van der Waals surface area contributed by atoms with E-state index in [2.05, 4.69) is 140 Å². The minimum atomic E-state index is 0.891. The van der Waals surface area contributed by atoms with E-state index in [9.17, 15) is 0 Å². The topological polar surface area (TPSA) is 13.1 Å². The molecule has 0 amide bonds. The largest absolute Gasteiger partial charge is 0.456 e. The Morgan fingerprint density at radius 2 is 1.20 bits per heavy atom. The minimum Gasteiger partial charge on any atom is -0.456 e. The molecule has 0 N–H and O–H groups in total. The fraction of sp³-hybridized carbons (Fsp3) is 0.0233. The van der Waals surface area contributed by atoms with Gasteiger partial charge in [0.2, 0.25) is 0 Å². The molecule has 0 aliphatic carbocycles. The van der Waals surface area contributed by atoms with E-state index >= 15 is 0 Å². The molecular formula is C43H28OS. The minimum absolute atomic E-state index is 0.891. The standard InChI is InChI=1S/C43H28OS/c1-3-12-27-25-39-37(23-26(27)4-2)36-24-28(21-22-38(36)44-39)41-30-14-5-7-16-32(30)42(33-17-8-6-15-31(33)41)35-19-11-18-34-29-13-9-10-20-40(29)45-43(34)35/h3-25H,2H2,1H3/b12-3-. The number of thiophene rings is 1. The van der Waals surface area contributed by atoms with Gasteiger partial charge in [-0.2, -0.15) is 0 Å². The molecule has 0 aliphatic heterocycles. The third kappa shape index (κ3) is 3.86. The van der Waals surface area contributed by atoms with Gasteiger partial charge in [-0.15, -0.1) is 11.3 Å². The first kappa shape index (κ1) is 26.0. The molecule has 7 aromatic carbocycles. The van der Waals surface area contributed by atoms with Crippen LogP contribution in [0.1, 0.15) is 18.1 Å². The molecule has 0 unspecified atom stereocenters. The Kier molecular flexibility index (Phi) is 5.81. The van der Waals surface area contributed by atoms with Crippen LogP contribution in [0.4, 0.5) is 0 Å². The second-order valence-electron chi connectivity index (χ2n) is 11.6. The van der Waals surface area contributed by atoms with E-state index in [1.165, 1.54) is 64.0 Å². The highest BCUT2D eigenvalue weighted by Crippen LogP contribution is 2.48. The summed E-state index contributed by atoms with van der Waals surface area (Å²) in [5, 5.41) is 9.89. The van der Waals surface area contributed by atoms with Crippen LogP contribution in [-0.4, -0.2) is 0 Å². The molecule has 0 atom stereocenters.